The van der Waals surface area contributed by atoms with Crippen molar-refractivity contribution in [1.29, 1.82) is 0 Å². The topological polar surface area (TPSA) is 40.5 Å². The van der Waals surface area contributed by atoms with Crippen LogP contribution in [0.3, 0.4) is 0 Å². The number of aliphatic hydroxyl groups excluding tert-OH is 2. The minimum atomic E-state index is -0.761. The molecule has 0 aliphatic carbocycles. The van der Waals surface area contributed by atoms with Gasteiger partial charge in [0.05, 0.1) is 6.10 Å². The van der Waals surface area contributed by atoms with E-state index >= 15 is 0 Å². The lowest BCUT2D eigenvalue weighted by atomic mass is 10.1. The number of hydrogen-bond donors (Lipinski definition) is 3. The van der Waals surface area contributed by atoms with Crippen LogP contribution >= 0.6 is 24.0 Å². The second kappa shape index (κ2) is 4.87. The minimum absolute atomic E-state index is 0.514. The van der Waals surface area contributed by atoms with E-state index in [4.69, 9.17) is 0 Å². The molecule has 2 unspecified atom stereocenters. The van der Waals surface area contributed by atoms with Crippen LogP contribution in [-0.2, 0) is 0 Å². The van der Waals surface area contributed by atoms with Crippen molar-refractivity contribution in [2.75, 3.05) is 5.75 Å². The molecule has 0 aromatic carbocycles. The Morgan fingerprint density at radius 1 is 1.50 bits per heavy atom. The van der Waals surface area contributed by atoms with Crippen molar-refractivity contribution in [1.82, 2.24) is 0 Å². The van der Waals surface area contributed by atoms with Crippen LogP contribution in [0.25, 0.3) is 0 Å². The summed E-state index contributed by atoms with van der Waals surface area (Å²) < 4.78 is 0. The van der Waals surface area contributed by atoms with Gasteiger partial charge < -0.3 is 10.2 Å². The Morgan fingerprint density at radius 2 is 2.25 bits per heavy atom. The molecule has 0 radical (unpaired) electrons. The summed E-state index contributed by atoms with van der Waals surface area (Å²) in [6.45, 7) is 0. The normalized spacial score (nSPS) is 15.9. The molecule has 1 aromatic heterocycles. The van der Waals surface area contributed by atoms with Gasteiger partial charge in [0.2, 0.25) is 0 Å². The molecule has 0 bridgehead atoms. The summed E-state index contributed by atoms with van der Waals surface area (Å²) in [6, 6.07) is 1.82. The fourth-order valence-corrected chi connectivity index (χ4v) is 1.91. The van der Waals surface area contributed by atoms with Crippen LogP contribution in [0, 0.1) is 0 Å². The number of thiophene rings is 1. The largest absolute Gasteiger partial charge is 0.390 e. The molecule has 2 N–H and O–H groups in total. The van der Waals surface area contributed by atoms with Gasteiger partial charge in [0.15, 0.2) is 0 Å². The van der Waals surface area contributed by atoms with E-state index in [2.05, 4.69) is 12.6 Å². The molecule has 0 amide bonds. The quantitative estimate of drug-likeness (QED) is 0.650. The van der Waals surface area contributed by atoms with Gasteiger partial charge in [0.1, 0.15) is 6.10 Å². The molecule has 0 saturated carbocycles. The molecule has 1 aromatic rings. The fraction of sp³-hybridized carbons (Fsp3) is 0.500. The Kier molecular flexibility index (Phi) is 4.08. The van der Waals surface area contributed by atoms with Crippen LogP contribution in [-0.4, -0.2) is 22.1 Å². The first-order valence-corrected chi connectivity index (χ1v) is 5.32. The van der Waals surface area contributed by atoms with E-state index in [1.807, 2.05) is 16.8 Å². The summed E-state index contributed by atoms with van der Waals surface area (Å²) in [5, 5.41) is 22.6. The van der Waals surface area contributed by atoms with Crippen molar-refractivity contribution < 1.29 is 10.2 Å². The Labute approximate surface area is 81.3 Å². The van der Waals surface area contributed by atoms with E-state index in [9.17, 15) is 10.2 Å². The van der Waals surface area contributed by atoms with Crippen molar-refractivity contribution in [3.63, 3.8) is 0 Å². The molecular formula is C8H12O2S2. The highest BCUT2D eigenvalue weighted by atomic mass is 32.1. The van der Waals surface area contributed by atoms with E-state index in [1.165, 1.54) is 11.3 Å². The van der Waals surface area contributed by atoms with Gasteiger partial charge in [-0.25, -0.2) is 0 Å². The first kappa shape index (κ1) is 10.1. The number of rotatable bonds is 4. The standard InChI is InChI=1S/C8H12O2S2/c9-7(1-3-11)8(10)6-2-4-12-5-6/h2,4-5,7-11H,1,3H2. The molecule has 1 heterocycles. The molecular weight excluding hydrogens is 192 g/mol. The average Bonchev–Trinajstić information content (AvgIpc) is 2.55. The van der Waals surface area contributed by atoms with Crippen molar-refractivity contribution in [3.8, 4) is 0 Å². The maximum Gasteiger partial charge on any atom is 0.106 e. The Hall–Kier alpha value is -0.0300. The third kappa shape index (κ3) is 2.48. The summed E-state index contributed by atoms with van der Waals surface area (Å²) in [6.07, 6.45) is -0.944. The van der Waals surface area contributed by atoms with Gasteiger partial charge in [-0.05, 0) is 34.6 Å². The van der Waals surface area contributed by atoms with Crippen LogP contribution < -0.4 is 0 Å². The first-order valence-electron chi connectivity index (χ1n) is 3.74. The van der Waals surface area contributed by atoms with Crippen LogP contribution in [0.1, 0.15) is 18.1 Å². The summed E-state index contributed by atoms with van der Waals surface area (Å²) in [5.41, 5.74) is 0.786. The molecule has 0 aliphatic heterocycles. The Morgan fingerprint density at radius 3 is 2.75 bits per heavy atom. The molecule has 0 fully saturated rings. The Balaban J connectivity index is 2.53. The highest BCUT2D eigenvalue weighted by Gasteiger charge is 2.17. The van der Waals surface area contributed by atoms with E-state index < -0.39 is 12.2 Å². The lowest BCUT2D eigenvalue weighted by molar-refractivity contribution is 0.0175. The van der Waals surface area contributed by atoms with Crippen molar-refractivity contribution in [3.05, 3.63) is 22.4 Å². The lowest BCUT2D eigenvalue weighted by Gasteiger charge is -2.15. The van der Waals surface area contributed by atoms with Gasteiger partial charge in [-0.3, -0.25) is 0 Å². The molecule has 68 valence electrons. The molecule has 2 nitrogen and oxygen atoms in total. The molecule has 2 atom stereocenters. The maximum absolute atomic E-state index is 9.53. The van der Waals surface area contributed by atoms with Crippen LogP contribution in [0.2, 0.25) is 0 Å². The highest BCUT2D eigenvalue weighted by Crippen LogP contribution is 2.21. The maximum atomic E-state index is 9.53. The number of aliphatic hydroxyl groups is 2. The predicted octanol–water partition coefficient (Wildman–Crippen LogP) is 1.46. The van der Waals surface area contributed by atoms with E-state index in [0.717, 1.165) is 5.56 Å². The van der Waals surface area contributed by atoms with Crippen LogP contribution in [0.5, 0.6) is 0 Å². The van der Waals surface area contributed by atoms with Crippen molar-refractivity contribution >= 4 is 24.0 Å². The van der Waals surface area contributed by atoms with Gasteiger partial charge in [-0.2, -0.15) is 24.0 Å². The molecule has 1 rings (SSSR count). The summed E-state index contributed by atoms with van der Waals surface area (Å²) in [4.78, 5) is 0. The third-order valence-corrected chi connectivity index (χ3v) is 2.63. The summed E-state index contributed by atoms with van der Waals surface area (Å²) >= 11 is 5.50. The van der Waals surface area contributed by atoms with Gasteiger partial charge in [-0.1, -0.05) is 0 Å². The Bertz CT molecular complexity index is 211. The molecule has 4 heteroatoms. The van der Waals surface area contributed by atoms with Gasteiger partial charge >= 0.3 is 0 Å². The summed E-state index contributed by atoms with van der Waals surface area (Å²) in [7, 11) is 0. The SMILES string of the molecule is OC(CCS)C(O)c1ccsc1. The summed E-state index contributed by atoms with van der Waals surface area (Å²) in [5.74, 6) is 0.586. The molecule has 0 spiro atoms. The zero-order valence-corrected chi connectivity index (χ0v) is 8.26. The second-order valence-electron chi connectivity index (χ2n) is 2.58. The third-order valence-electron chi connectivity index (χ3n) is 1.67. The fourth-order valence-electron chi connectivity index (χ4n) is 0.956. The monoisotopic (exact) mass is 204 g/mol. The van der Waals surface area contributed by atoms with Crippen molar-refractivity contribution in [2.24, 2.45) is 0 Å². The van der Waals surface area contributed by atoms with E-state index in [1.54, 1.807) is 0 Å². The van der Waals surface area contributed by atoms with Crippen molar-refractivity contribution in [2.45, 2.75) is 18.6 Å². The molecule has 0 aliphatic rings. The van der Waals surface area contributed by atoms with E-state index in [0.29, 0.717) is 12.2 Å². The highest BCUT2D eigenvalue weighted by molar-refractivity contribution is 7.80. The zero-order chi connectivity index (χ0) is 8.97. The van der Waals surface area contributed by atoms with Crippen LogP contribution in [0.4, 0.5) is 0 Å². The average molecular weight is 204 g/mol. The smallest absolute Gasteiger partial charge is 0.106 e. The van der Waals surface area contributed by atoms with E-state index in [-0.39, 0.29) is 0 Å². The lowest BCUT2D eigenvalue weighted by Crippen LogP contribution is -2.17. The molecule has 0 saturated heterocycles. The van der Waals surface area contributed by atoms with Crippen LogP contribution in [0.15, 0.2) is 16.8 Å². The predicted molar refractivity (Wildman–Crippen MR) is 53.8 cm³/mol. The second-order valence-corrected chi connectivity index (χ2v) is 3.81. The van der Waals surface area contributed by atoms with Gasteiger partial charge in [0.25, 0.3) is 0 Å². The minimum Gasteiger partial charge on any atom is -0.390 e. The first-order chi connectivity index (χ1) is 5.75. The number of thiol groups is 1. The van der Waals surface area contributed by atoms with Gasteiger partial charge in [0, 0.05) is 0 Å². The zero-order valence-electron chi connectivity index (χ0n) is 6.55. The number of hydrogen-bond acceptors (Lipinski definition) is 4. The molecule has 12 heavy (non-hydrogen) atoms. The van der Waals surface area contributed by atoms with Gasteiger partial charge in [-0.15, -0.1) is 0 Å².